The zero-order chi connectivity index (χ0) is 23.3. The summed E-state index contributed by atoms with van der Waals surface area (Å²) in [6.07, 6.45) is 2.39. The Bertz CT molecular complexity index is 1230. The number of pyridine rings is 1. The number of nitrogens with two attached hydrogens (primary N) is 1. The molecule has 1 amide bonds. The minimum absolute atomic E-state index is 0.0680. The van der Waals surface area contributed by atoms with Gasteiger partial charge >= 0.3 is 6.09 Å². The van der Waals surface area contributed by atoms with Gasteiger partial charge in [-0.1, -0.05) is 37.1 Å². The van der Waals surface area contributed by atoms with Crippen LogP contribution in [0.2, 0.25) is 5.15 Å². The molecule has 2 aromatic heterocycles. The summed E-state index contributed by atoms with van der Waals surface area (Å²) < 4.78 is 6.97. The van der Waals surface area contributed by atoms with Gasteiger partial charge in [-0.05, 0) is 42.7 Å². The fourth-order valence-corrected chi connectivity index (χ4v) is 3.91. The van der Waals surface area contributed by atoms with Gasteiger partial charge < -0.3 is 15.0 Å². The SMILES string of the molecule is CCCc1c(C#N)c(-c2ccc(C#N)cc2)c(C)n1Cc1cnc(Cl)c(COC(N)=O)c1. The van der Waals surface area contributed by atoms with Crippen molar-refractivity contribution in [2.24, 2.45) is 5.73 Å². The first-order valence-electron chi connectivity index (χ1n) is 10.1. The van der Waals surface area contributed by atoms with Gasteiger partial charge in [-0.15, -0.1) is 0 Å². The van der Waals surface area contributed by atoms with E-state index in [0.717, 1.165) is 40.9 Å². The first kappa shape index (κ1) is 22.9. The van der Waals surface area contributed by atoms with Crippen molar-refractivity contribution in [3.63, 3.8) is 0 Å². The second-order valence-electron chi connectivity index (χ2n) is 7.32. The monoisotopic (exact) mass is 447 g/mol. The molecule has 162 valence electrons. The molecule has 0 aliphatic heterocycles. The van der Waals surface area contributed by atoms with E-state index in [1.807, 2.05) is 25.1 Å². The number of hydrogen-bond acceptors (Lipinski definition) is 5. The van der Waals surface area contributed by atoms with Gasteiger partial charge in [-0.25, -0.2) is 9.78 Å². The van der Waals surface area contributed by atoms with Crippen molar-refractivity contribution in [3.8, 4) is 23.3 Å². The van der Waals surface area contributed by atoms with E-state index in [-0.39, 0.29) is 11.8 Å². The van der Waals surface area contributed by atoms with E-state index in [4.69, 9.17) is 27.3 Å². The second-order valence-corrected chi connectivity index (χ2v) is 7.68. The van der Waals surface area contributed by atoms with Gasteiger partial charge in [-0.3, -0.25) is 0 Å². The third kappa shape index (κ3) is 4.74. The van der Waals surface area contributed by atoms with Gasteiger partial charge in [0.05, 0.1) is 17.2 Å². The largest absolute Gasteiger partial charge is 0.445 e. The molecule has 0 unspecified atom stereocenters. The molecule has 3 rings (SSSR count). The number of rotatable bonds is 7. The molecule has 0 saturated heterocycles. The van der Waals surface area contributed by atoms with Crippen LogP contribution in [0.5, 0.6) is 0 Å². The van der Waals surface area contributed by atoms with Crippen molar-refractivity contribution in [1.82, 2.24) is 9.55 Å². The maximum absolute atomic E-state index is 11.0. The molecule has 0 atom stereocenters. The summed E-state index contributed by atoms with van der Waals surface area (Å²) in [5.74, 6) is 0. The van der Waals surface area contributed by atoms with Crippen LogP contribution in [0.1, 0.15) is 47.0 Å². The highest BCUT2D eigenvalue weighted by Crippen LogP contribution is 2.34. The van der Waals surface area contributed by atoms with Gasteiger partial charge in [0.25, 0.3) is 0 Å². The Hall–Kier alpha value is -3.81. The smallest absolute Gasteiger partial charge is 0.404 e. The Morgan fingerprint density at radius 1 is 1.25 bits per heavy atom. The molecule has 3 aromatic rings. The van der Waals surface area contributed by atoms with Gasteiger partial charge in [0.15, 0.2) is 0 Å². The van der Waals surface area contributed by atoms with Crippen LogP contribution in [0.25, 0.3) is 11.1 Å². The maximum Gasteiger partial charge on any atom is 0.404 e. The molecule has 0 aliphatic rings. The molecule has 0 fully saturated rings. The average Bonchev–Trinajstić information content (AvgIpc) is 3.05. The van der Waals surface area contributed by atoms with Gasteiger partial charge in [0.1, 0.15) is 17.8 Å². The third-order valence-corrected chi connectivity index (χ3v) is 5.55. The number of carbonyl (C=O) groups is 1. The molecular formula is C24H22ClN5O2. The number of aromatic nitrogens is 2. The highest BCUT2D eigenvalue weighted by molar-refractivity contribution is 6.30. The van der Waals surface area contributed by atoms with Crippen LogP contribution in [0, 0.1) is 29.6 Å². The zero-order valence-corrected chi connectivity index (χ0v) is 18.6. The molecule has 0 saturated carbocycles. The summed E-state index contributed by atoms with van der Waals surface area (Å²) in [6, 6.07) is 13.6. The fourth-order valence-electron chi connectivity index (χ4n) is 3.76. The number of nitriles is 2. The molecule has 0 spiro atoms. The standard InChI is InChI=1S/C24H22ClN5O2/c1-3-4-21-20(11-27)22(18-7-5-16(10-26)6-8-18)15(2)30(21)13-17-9-19(14-32-24(28)31)23(25)29-12-17/h5-9,12H,3-4,13-14H2,1-2H3,(H2,28,31). The number of primary amides is 1. The van der Waals surface area contributed by atoms with Crippen LogP contribution in [0.15, 0.2) is 36.5 Å². The Kier molecular flexibility index (Phi) is 7.14. The lowest BCUT2D eigenvalue weighted by atomic mass is 9.99. The Morgan fingerprint density at radius 2 is 1.97 bits per heavy atom. The van der Waals surface area contributed by atoms with E-state index in [9.17, 15) is 10.1 Å². The van der Waals surface area contributed by atoms with Crippen molar-refractivity contribution in [2.75, 3.05) is 0 Å². The Balaban J connectivity index is 2.07. The molecule has 0 aliphatic carbocycles. The highest BCUT2D eigenvalue weighted by atomic mass is 35.5. The van der Waals surface area contributed by atoms with E-state index in [1.54, 1.807) is 18.3 Å². The number of nitrogens with zero attached hydrogens (tertiary/aromatic N) is 4. The van der Waals surface area contributed by atoms with Crippen molar-refractivity contribution in [3.05, 3.63) is 75.3 Å². The number of halogens is 1. The molecule has 1 aromatic carbocycles. The fraction of sp³-hybridized carbons (Fsp3) is 0.250. The minimum Gasteiger partial charge on any atom is -0.445 e. The number of benzene rings is 1. The second kappa shape index (κ2) is 10.00. The summed E-state index contributed by atoms with van der Waals surface area (Å²) in [4.78, 5) is 15.2. The zero-order valence-electron chi connectivity index (χ0n) is 17.9. The third-order valence-electron chi connectivity index (χ3n) is 5.21. The highest BCUT2D eigenvalue weighted by Gasteiger charge is 2.21. The van der Waals surface area contributed by atoms with Gasteiger partial charge in [-0.2, -0.15) is 10.5 Å². The van der Waals surface area contributed by atoms with Gasteiger partial charge in [0, 0.05) is 35.3 Å². The lowest BCUT2D eigenvalue weighted by molar-refractivity contribution is 0.150. The minimum atomic E-state index is -0.885. The quantitative estimate of drug-likeness (QED) is 0.519. The van der Waals surface area contributed by atoms with Crippen LogP contribution < -0.4 is 5.73 Å². The first-order valence-corrected chi connectivity index (χ1v) is 10.5. The Morgan fingerprint density at radius 3 is 2.56 bits per heavy atom. The van der Waals surface area contributed by atoms with E-state index in [2.05, 4.69) is 28.6 Å². The van der Waals surface area contributed by atoms with Crippen molar-refractivity contribution in [1.29, 1.82) is 10.5 Å². The number of amides is 1. The molecule has 0 radical (unpaired) electrons. The van der Waals surface area contributed by atoms with Crippen molar-refractivity contribution in [2.45, 2.75) is 39.8 Å². The van der Waals surface area contributed by atoms with Crippen LogP contribution in [0.3, 0.4) is 0 Å². The van der Waals surface area contributed by atoms with Crippen LogP contribution in [0.4, 0.5) is 4.79 Å². The number of ether oxygens (including phenoxy) is 1. The van der Waals surface area contributed by atoms with Crippen LogP contribution in [-0.2, 0) is 24.3 Å². The molecule has 0 bridgehead atoms. The lowest BCUT2D eigenvalue weighted by Gasteiger charge is -2.13. The summed E-state index contributed by atoms with van der Waals surface area (Å²) in [7, 11) is 0. The predicted octanol–water partition coefficient (Wildman–Crippen LogP) is 4.85. The number of carbonyl (C=O) groups excluding carboxylic acids is 1. The summed E-state index contributed by atoms with van der Waals surface area (Å²) in [5.41, 5.74) is 11.3. The molecule has 2 N–H and O–H groups in total. The molecule has 32 heavy (non-hydrogen) atoms. The Labute approximate surface area is 191 Å². The summed E-state index contributed by atoms with van der Waals surface area (Å²) in [6.45, 7) is 4.45. The first-order chi connectivity index (χ1) is 15.4. The molecule has 8 heteroatoms. The predicted molar refractivity (Wildman–Crippen MR) is 121 cm³/mol. The van der Waals surface area contributed by atoms with E-state index >= 15 is 0 Å². The summed E-state index contributed by atoms with van der Waals surface area (Å²) in [5, 5.41) is 19.3. The van der Waals surface area contributed by atoms with Crippen LogP contribution in [-0.4, -0.2) is 15.6 Å². The maximum atomic E-state index is 11.0. The van der Waals surface area contributed by atoms with Crippen molar-refractivity contribution >= 4 is 17.7 Å². The molecule has 2 heterocycles. The topological polar surface area (TPSA) is 118 Å². The normalized spacial score (nSPS) is 10.4. The van der Waals surface area contributed by atoms with E-state index in [0.29, 0.717) is 23.2 Å². The molecular weight excluding hydrogens is 426 g/mol. The average molecular weight is 448 g/mol. The number of hydrogen-bond donors (Lipinski definition) is 1. The summed E-state index contributed by atoms with van der Waals surface area (Å²) >= 11 is 6.14. The van der Waals surface area contributed by atoms with Crippen molar-refractivity contribution < 1.29 is 9.53 Å². The van der Waals surface area contributed by atoms with E-state index in [1.165, 1.54) is 0 Å². The lowest BCUT2D eigenvalue weighted by Crippen LogP contribution is -2.13. The van der Waals surface area contributed by atoms with E-state index < -0.39 is 6.09 Å². The van der Waals surface area contributed by atoms with Gasteiger partial charge in [0.2, 0.25) is 0 Å². The van der Waals surface area contributed by atoms with Crippen LogP contribution >= 0.6 is 11.6 Å². The molecule has 7 nitrogen and oxygen atoms in total.